The van der Waals surface area contributed by atoms with E-state index in [1.807, 2.05) is 48.5 Å². The summed E-state index contributed by atoms with van der Waals surface area (Å²) in [6, 6.07) is 60.7. The lowest BCUT2D eigenvalue weighted by Gasteiger charge is -2.12. The van der Waals surface area contributed by atoms with Crippen molar-refractivity contribution in [1.29, 1.82) is 0 Å². The van der Waals surface area contributed by atoms with Crippen molar-refractivity contribution < 1.29 is 0 Å². The zero-order chi connectivity index (χ0) is 35.1. The summed E-state index contributed by atoms with van der Waals surface area (Å²) in [4.78, 5) is 20.5. The maximum atomic E-state index is 5.22. The van der Waals surface area contributed by atoms with Gasteiger partial charge >= 0.3 is 0 Å². The highest BCUT2D eigenvalue weighted by Gasteiger charge is 2.17. The highest BCUT2D eigenvalue weighted by molar-refractivity contribution is 6.16. The maximum Gasteiger partial charge on any atom is 0.160 e. The van der Waals surface area contributed by atoms with Gasteiger partial charge in [0.25, 0.3) is 0 Å². The molecule has 0 atom stereocenters. The molecule has 10 rings (SSSR count). The van der Waals surface area contributed by atoms with Crippen LogP contribution < -0.4 is 0 Å². The molecule has 0 unspecified atom stereocenters. The Morgan fingerprint density at radius 1 is 0.358 bits per heavy atom. The van der Waals surface area contributed by atoms with Crippen molar-refractivity contribution in [3.8, 4) is 67.5 Å². The van der Waals surface area contributed by atoms with Gasteiger partial charge in [-0.3, -0.25) is 0 Å². The van der Waals surface area contributed by atoms with Crippen molar-refractivity contribution in [2.24, 2.45) is 0 Å². The molecule has 5 nitrogen and oxygen atoms in total. The van der Waals surface area contributed by atoms with Crippen LogP contribution in [0.4, 0.5) is 0 Å². The molecule has 53 heavy (non-hydrogen) atoms. The Labute approximate surface area is 306 Å². The first-order valence-electron chi connectivity index (χ1n) is 17.7. The highest BCUT2D eigenvalue weighted by Crippen LogP contribution is 2.37. The second-order valence-corrected chi connectivity index (χ2v) is 13.2. The van der Waals surface area contributed by atoms with Gasteiger partial charge in [-0.05, 0) is 29.3 Å². The third kappa shape index (κ3) is 5.61. The summed E-state index contributed by atoms with van der Waals surface area (Å²) in [6.07, 6.45) is 4.19. The minimum absolute atomic E-state index is 0.690. The molecule has 0 aliphatic heterocycles. The van der Waals surface area contributed by atoms with Crippen LogP contribution in [0, 0.1) is 0 Å². The number of pyridine rings is 2. The summed E-state index contributed by atoms with van der Waals surface area (Å²) in [5, 5.41) is 3.23. The molecule has 4 heterocycles. The minimum Gasteiger partial charge on any atom is -0.306 e. The summed E-state index contributed by atoms with van der Waals surface area (Å²) in [7, 11) is 0. The minimum atomic E-state index is 0.690. The molecule has 0 fully saturated rings. The van der Waals surface area contributed by atoms with E-state index in [0.717, 1.165) is 77.9 Å². The Morgan fingerprint density at radius 3 is 1.53 bits per heavy atom. The number of aromatic nitrogens is 5. The molecule has 5 heteroatoms. The average Bonchev–Trinajstić information content (AvgIpc) is 3.69. The van der Waals surface area contributed by atoms with Gasteiger partial charge in [0.1, 0.15) is 5.65 Å². The van der Waals surface area contributed by atoms with Crippen molar-refractivity contribution in [2.45, 2.75) is 0 Å². The van der Waals surface area contributed by atoms with E-state index in [4.69, 9.17) is 19.9 Å². The van der Waals surface area contributed by atoms with Gasteiger partial charge < -0.3 is 4.40 Å². The van der Waals surface area contributed by atoms with Gasteiger partial charge in [0.2, 0.25) is 0 Å². The molecule has 0 amide bonds. The lowest BCUT2D eigenvalue weighted by atomic mass is 9.99. The number of imidazole rings is 1. The third-order valence-corrected chi connectivity index (χ3v) is 9.86. The van der Waals surface area contributed by atoms with Crippen LogP contribution in [0.5, 0.6) is 0 Å². The molecule has 0 aliphatic carbocycles. The first-order chi connectivity index (χ1) is 26.2. The smallest absolute Gasteiger partial charge is 0.160 e. The van der Waals surface area contributed by atoms with E-state index in [0.29, 0.717) is 5.82 Å². The first-order valence-corrected chi connectivity index (χ1v) is 17.7. The Bertz CT molecular complexity index is 2900. The van der Waals surface area contributed by atoms with E-state index < -0.39 is 0 Å². The van der Waals surface area contributed by atoms with Crippen LogP contribution in [0.3, 0.4) is 0 Å². The van der Waals surface area contributed by atoms with E-state index in [1.54, 1.807) is 0 Å². The monoisotopic (exact) mass is 677 g/mol. The summed E-state index contributed by atoms with van der Waals surface area (Å²) in [6.45, 7) is 0. The van der Waals surface area contributed by atoms with Crippen LogP contribution in [0.2, 0.25) is 0 Å². The molecule has 0 bridgehead atoms. The summed E-state index contributed by atoms with van der Waals surface area (Å²) in [5.41, 5.74) is 12.9. The second kappa shape index (κ2) is 12.8. The number of fused-ring (bicyclic) bond motifs is 5. The standard InChI is InChI=1S/C48H31N5/c1-4-12-32(13-5-1)33-20-22-35(23-21-33)42-30-43(51-47(50-42)38-16-8-3-9-17-38)36-24-26-37(27-25-36)46-40-28-29-53-31-44(34-14-6-2-7-15-34)52-48(53)45(40)39-18-10-11-19-41(39)49-46/h1-31H. The van der Waals surface area contributed by atoms with Gasteiger partial charge in [-0.15, -0.1) is 0 Å². The fourth-order valence-electron chi connectivity index (χ4n) is 7.17. The van der Waals surface area contributed by atoms with Crippen molar-refractivity contribution in [1.82, 2.24) is 24.3 Å². The molecule has 0 N–H and O–H groups in total. The van der Waals surface area contributed by atoms with Gasteiger partial charge in [-0.2, -0.15) is 0 Å². The lowest BCUT2D eigenvalue weighted by Crippen LogP contribution is -1.96. The SMILES string of the molecule is c1ccc(-c2ccc(-c3cc(-c4ccc(-c5nc6ccccc6c6c5ccn5cc(-c7ccccc7)nc65)cc4)nc(-c4ccccc4)n3)cc2)cc1. The van der Waals surface area contributed by atoms with Crippen LogP contribution in [0.1, 0.15) is 0 Å². The topological polar surface area (TPSA) is 56.0 Å². The predicted octanol–water partition coefficient (Wildman–Crippen LogP) is 11.8. The van der Waals surface area contributed by atoms with E-state index in [9.17, 15) is 0 Å². The van der Waals surface area contributed by atoms with Crippen LogP contribution in [0.15, 0.2) is 188 Å². The third-order valence-electron chi connectivity index (χ3n) is 9.86. The molecular weight excluding hydrogens is 647 g/mol. The Morgan fingerprint density at radius 2 is 0.868 bits per heavy atom. The number of rotatable bonds is 6. The summed E-state index contributed by atoms with van der Waals surface area (Å²) in [5.74, 6) is 0.690. The van der Waals surface area contributed by atoms with Crippen LogP contribution in [-0.2, 0) is 0 Å². The molecule has 0 saturated carbocycles. The fraction of sp³-hybridized carbons (Fsp3) is 0. The van der Waals surface area contributed by atoms with Crippen LogP contribution in [-0.4, -0.2) is 24.3 Å². The lowest BCUT2D eigenvalue weighted by molar-refractivity contribution is 1.18. The Hall–Kier alpha value is -7.24. The summed E-state index contributed by atoms with van der Waals surface area (Å²) >= 11 is 0. The number of para-hydroxylation sites is 1. The number of nitrogens with zero attached hydrogens (tertiary/aromatic N) is 5. The molecule has 6 aromatic carbocycles. The summed E-state index contributed by atoms with van der Waals surface area (Å²) < 4.78 is 2.12. The van der Waals surface area contributed by atoms with Gasteiger partial charge in [-0.25, -0.2) is 19.9 Å². The zero-order valence-corrected chi connectivity index (χ0v) is 28.6. The zero-order valence-electron chi connectivity index (χ0n) is 28.6. The maximum absolute atomic E-state index is 5.22. The van der Waals surface area contributed by atoms with E-state index in [2.05, 4.69) is 144 Å². The fourth-order valence-corrected chi connectivity index (χ4v) is 7.17. The van der Waals surface area contributed by atoms with Crippen LogP contribution in [0.25, 0.3) is 94.9 Å². The van der Waals surface area contributed by atoms with Gasteiger partial charge in [0, 0.05) is 56.4 Å². The van der Waals surface area contributed by atoms with Crippen molar-refractivity contribution in [2.75, 3.05) is 0 Å². The normalized spacial score (nSPS) is 11.4. The van der Waals surface area contributed by atoms with Crippen molar-refractivity contribution >= 4 is 27.3 Å². The van der Waals surface area contributed by atoms with E-state index in [-0.39, 0.29) is 0 Å². The van der Waals surface area contributed by atoms with Gasteiger partial charge in [0.05, 0.1) is 28.3 Å². The molecule has 4 aromatic heterocycles. The van der Waals surface area contributed by atoms with Crippen LogP contribution >= 0.6 is 0 Å². The molecule has 248 valence electrons. The van der Waals surface area contributed by atoms with Crippen molar-refractivity contribution in [3.63, 3.8) is 0 Å². The molecule has 0 radical (unpaired) electrons. The first kappa shape index (κ1) is 30.6. The van der Waals surface area contributed by atoms with E-state index in [1.165, 1.54) is 11.1 Å². The quantitative estimate of drug-likeness (QED) is 0.164. The molecule has 0 aliphatic rings. The van der Waals surface area contributed by atoms with E-state index >= 15 is 0 Å². The second-order valence-electron chi connectivity index (χ2n) is 13.2. The predicted molar refractivity (Wildman–Crippen MR) is 216 cm³/mol. The van der Waals surface area contributed by atoms with Crippen molar-refractivity contribution in [3.05, 3.63) is 188 Å². The molecule has 10 aromatic rings. The number of hydrogen-bond donors (Lipinski definition) is 0. The molecule has 0 spiro atoms. The number of hydrogen-bond acceptors (Lipinski definition) is 4. The molecular formula is C48H31N5. The Kier molecular flexibility index (Phi) is 7.40. The average molecular weight is 678 g/mol. The number of benzene rings is 6. The largest absolute Gasteiger partial charge is 0.306 e. The van der Waals surface area contributed by atoms with Gasteiger partial charge in [-0.1, -0.05) is 158 Å². The van der Waals surface area contributed by atoms with Gasteiger partial charge in [0.15, 0.2) is 5.82 Å². The highest BCUT2D eigenvalue weighted by atomic mass is 15.0. The Balaban J connectivity index is 1.08. The molecule has 0 saturated heterocycles.